The van der Waals surface area contributed by atoms with Crippen LogP contribution >= 0.6 is 0 Å². The second-order valence-electron chi connectivity index (χ2n) is 10.2. The van der Waals surface area contributed by atoms with Crippen LogP contribution < -0.4 is 9.62 Å². The highest BCUT2D eigenvalue weighted by molar-refractivity contribution is 7.89. The van der Waals surface area contributed by atoms with Gasteiger partial charge in [-0.3, -0.25) is 9.69 Å². The first kappa shape index (κ1) is 26.5. The van der Waals surface area contributed by atoms with Crippen molar-refractivity contribution in [1.29, 1.82) is 0 Å². The molecule has 38 heavy (non-hydrogen) atoms. The van der Waals surface area contributed by atoms with E-state index in [9.17, 15) is 17.6 Å². The number of aromatic nitrogens is 3. The zero-order chi connectivity index (χ0) is 27.0. The van der Waals surface area contributed by atoms with Crippen LogP contribution in [0, 0.1) is 5.82 Å². The second-order valence-corrected chi connectivity index (χ2v) is 12.0. The minimum absolute atomic E-state index is 0.0215. The van der Waals surface area contributed by atoms with Crippen molar-refractivity contribution in [3.05, 3.63) is 47.5 Å². The van der Waals surface area contributed by atoms with E-state index < -0.39 is 15.9 Å². The van der Waals surface area contributed by atoms with E-state index in [1.54, 1.807) is 22.9 Å². The lowest BCUT2D eigenvalue weighted by atomic mass is 10.00. The fraction of sp³-hybridized carbons (Fsp3) is 0.500. The number of piperidine rings is 1. The number of rotatable bonds is 6. The fourth-order valence-electron chi connectivity index (χ4n) is 5.29. The molecule has 2 aromatic heterocycles. The number of anilines is 1. The summed E-state index contributed by atoms with van der Waals surface area (Å²) in [6.45, 7) is 8.99. The Morgan fingerprint density at radius 1 is 1.11 bits per heavy atom. The smallest absolute Gasteiger partial charge is 0.283 e. The van der Waals surface area contributed by atoms with E-state index >= 15 is 0 Å². The van der Waals surface area contributed by atoms with Gasteiger partial charge in [0, 0.05) is 32.2 Å². The van der Waals surface area contributed by atoms with Crippen LogP contribution in [0.15, 0.2) is 30.3 Å². The number of hydrogen-bond acceptors (Lipinski definition) is 8. The summed E-state index contributed by atoms with van der Waals surface area (Å²) in [5, 5.41) is 5.65. The molecular weight excluding hydrogens is 511 g/mol. The van der Waals surface area contributed by atoms with E-state index in [1.807, 2.05) is 18.6 Å². The monoisotopic (exact) mass is 544 g/mol. The molecular formula is C26H33FN6O4S. The summed E-state index contributed by atoms with van der Waals surface area (Å²) in [6, 6.07) is 8.02. The first-order valence-electron chi connectivity index (χ1n) is 12.9. The van der Waals surface area contributed by atoms with Crippen molar-refractivity contribution in [3.63, 3.8) is 0 Å². The molecule has 12 heteroatoms. The number of halogens is 1. The Labute approximate surface area is 221 Å². The van der Waals surface area contributed by atoms with Crippen molar-refractivity contribution in [1.82, 2.24) is 24.4 Å². The average Bonchev–Trinajstić information content (AvgIpc) is 3.28. The highest BCUT2D eigenvalue weighted by Crippen LogP contribution is 2.36. The number of sulfonamides is 1. The first-order valence-corrected chi connectivity index (χ1v) is 14.8. The topological polar surface area (TPSA) is 110 Å². The molecule has 2 fully saturated rings. The summed E-state index contributed by atoms with van der Waals surface area (Å²) in [7, 11) is -3.79. The predicted octanol–water partition coefficient (Wildman–Crippen LogP) is 2.67. The van der Waals surface area contributed by atoms with Gasteiger partial charge >= 0.3 is 0 Å². The third kappa shape index (κ3) is 5.52. The molecule has 10 nitrogen and oxygen atoms in total. The second kappa shape index (κ2) is 10.6. The number of carbonyl (C=O) groups excluding carboxylic acids is 1. The van der Waals surface area contributed by atoms with Crippen molar-refractivity contribution in [2.45, 2.75) is 38.6 Å². The number of fused-ring (bicyclic) bond motifs is 1. The van der Waals surface area contributed by atoms with Gasteiger partial charge in [0.2, 0.25) is 10.0 Å². The molecule has 0 radical (unpaired) electrons. The van der Waals surface area contributed by atoms with Gasteiger partial charge in [-0.05, 0) is 49.1 Å². The van der Waals surface area contributed by atoms with Gasteiger partial charge < -0.3 is 9.64 Å². The van der Waals surface area contributed by atoms with Gasteiger partial charge in [-0.1, -0.05) is 13.8 Å². The lowest BCUT2D eigenvalue weighted by Gasteiger charge is -2.41. The summed E-state index contributed by atoms with van der Waals surface area (Å²) in [4.78, 5) is 22.3. The van der Waals surface area contributed by atoms with E-state index in [1.165, 1.54) is 12.1 Å². The quantitative estimate of drug-likeness (QED) is 0.505. The van der Waals surface area contributed by atoms with Crippen molar-refractivity contribution < 1.29 is 22.3 Å². The zero-order valence-electron chi connectivity index (χ0n) is 21.9. The molecule has 204 valence electrons. The summed E-state index contributed by atoms with van der Waals surface area (Å²) < 4.78 is 46.5. The lowest BCUT2D eigenvalue weighted by molar-refractivity contribution is 0.0115. The number of nitrogens with one attached hydrogen (secondary N) is 1. The molecule has 0 spiro atoms. The van der Waals surface area contributed by atoms with Crippen molar-refractivity contribution in [3.8, 4) is 5.69 Å². The van der Waals surface area contributed by atoms with Crippen molar-refractivity contribution >= 4 is 32.7 Å². The number of nitrogens with zero attached hydrogens (tertiary/aromatic N) is 5. The SMILES string of the molecule is CC(C)c1nn(-c2ccc(F)cc2)c2nc(C(=O)NS(C)(=O)=O)cc(N3CCC(N4CCOCC4)CC3)c12. The van der Waals surface area contributed by atoms with Crippen LogP contribution in [0.5, 0.6) is 0 Å². The maximum absolute atomic E-state index is 13.7. The maximum Gasteiger partial charge on any atom is 0.283 e. The van der Waals surface area contributed by atoms with Gasteiger partial charge in [0.25, 0.3) is 5.91 Å². The summed E-state index contributed by atoms with van der Waals surface area (Å²) in [5.41, 5.74) is 2.59. The molecule has 0 aliphatic carbocycles. The van der Waals surface area contributed by atoms with E-state index in [4.69, 9.17) is 9.84 Å². The van der Waals surface area contributed by atoms with Gasteiger partial charge in [-0.15, -0.1) is 0 Å². The molecule has 2 aliphatic rings. The Hall–Kier alpha value is -3.09. The van der Waals surface area contributed by atoms with E-state index in [0.717, 1.165) is 75.3 Å². The van der Waals surface area contributed by atoms with Gasteiger partial charge in [0.15, 0.2) is 5.65 Å². The third-order valence-electron chi connectivity index (χ3n) is 7.14. The average molecular weight is 545 g/mol. The molecule has 5 rings (SSSR count). The Kier molecular flexibility index (Phi) is 7.38. The standard InChI is InChI=1S/C26H33FN6O4S/c1-17(2)24-23-22(32-10-8-19(9-11-32)31-12-14-37-15-13-31)16-21(26(34)30-38(3,35)36)28-25(23)33(29-24)20-6-4-18(27)5-7-20/h4-7,16-17,19H,8-15H2,1-3H3,(H,30,34). The minimum atomic E-state index is -3.79. The Morgan fingerprint density at radius 3 is 2.37 bits per heavy atom. The lowest BCUT2D eigenvalue weighted by Crippen LogP contribution is -2.49. The largest absolute Gasteiger partial charge is 0.379 e. The number of carbonyl (C=O) groups is 1. The van der Waals surface area contributed by atoms with E-state index in [-0.39, 0.29) is 17.4 Å². The number of hydrogen-bond donors (Lipinski definition) is 1. The highest BCUT2D eigenvalue weighted by atomic mass is 32.2. The van der Waals surface area contributed by atoms with Crippen LogP contribution in [0.25, 0.3) is 16.7 Å². The van der Waals surface area contributed by atoms with Gasteiger partial charge in [0.1, 0.15) is 11.5 Å². The Bertz CT molecular complexity index is 1430. The number of benzene rings is 1. The summed E-state index contributed by atoms with van der Waals surface area (Å²) >= 11 is 0. The van der Waals surface area contributed by atoms with E-state index in [0.29, 0.717) is 17.4 Å². The Balaban J connectivity index is 1.60. The van der Waals surface area contributed by atoms with Gasteiger partial charge in [-0.2, -0.15) is 5.10 Å². The molecule has 0 bridgehead atoms. The minimum Gasteiger partial charge on any atom is -0.379 e. The molecule has 1 aromatic carbocycles. The van der Waals surface area contributed by atoms with Gasteiger partial charge in [-0.25, -0.2) is 27.2 Å². The number of amides is 1. The maximum atomic E-state index is 13.7. The van der Waals surface area contributed by atoms with E-state index in [2.05, 4.69) is 14.8 Å². The fourth-order valence-corrected chi connectivity index (χ4v) is 5.73. The normalized spacial score (nSPS) is 17.9. The number of pyridine rings is 1. The molecule has 1 N–H and O–H groups in total. The molecule has 3 aromatic rings. The van der Waals surface area contributed by atoms with Crippen LogP contribution in [-0.4, -0.2) is 85.7 Å². The van der Waals surface area contributed by atoms with Crippen LogP contribution in [0.4, 0.5) is 10.1 Å². The number of ether oxygens (including phenoxy) is 1. The zero-order valence-corrected chi connectivity index (χ0v) is 22.7. The molecule has 0 atom stereocenters. The summed E-state index contributed by atoms with van der Waals surface area (Å²) in [6.07, 6.45) is 2.84. The Morgan fingerprint density at radius 2 is 1.76 bits per heavy atom. The third-order valence-corrected chi connectivity index (χ3v) is 7.70. The number of morpholine rings is 1. The molecule has 2 aliphatic heterocycles. The van der Waals surface area contributed by atoms with Crippen LogP contribution in [-0.2, 0) is 14.8 Å². The molecule has 0 saturated carbocycles. The summed E-state index contributed by atoms with van der Waals surface area (Å²) in [5.74, 6) is -1.14. The molecule has 1 amide bonds. The molecule has 4 heterocycles. The first-order chi connectivity index (χ1) is 18.1. The highest BCUT2D eigenvalue weighted by Gasteiger charge is 2.30. The van der Waals surface area contributed by atoms with Crippen LogP contribution in [0.2, 0.25) is 0 Å². The predicted molar refractivity (Wildman–Crippen MR) is 143 cm³/mol. The van der Waals surface area contributed by atoms with Crippen LogP contribution in [0.3, 0.4) is 0 Å². The van der Waals surface area contributed by atoms with Crippen LogP contribution in [0.1, 0.15) is 48.8 Å². The van der Waals surface area contributed by atoms with Crippen molar-refractivity contribution in [2.75, 3.05) is 50.5 Å². The van der Waals surface area contributed by atoms with Gasteiger partial charge in [0.05, 0.1) is 41.9 Å². The molecule has 2 saturated heterocycles. The van der Waals surface area contributed by atoms with Crippen molar-refractivity contribution in [2.24, 2.45) is 0 Å². The molecule has 0 unspecified atom stereocenters.